The van der Waals surface area contributed by atoms with Crippen LogP contribution >= 0.6 is 0 Å². The molecule has 0 aromatic heterocycles. The van der Waals surface area contributed by atoms with Gasteiger partial charge in [-0.1, -0.05) is 51.1 Å². The topological polar surface area (TPSA) is 99.6 Å². The highest BCUT2D eigenvalue weighted by molar-refractivity contribution is 6.07. The highest BCUT2D eigenvalue weighted by Gasteiger charge is 2.79. The second-order valence-electron chi connectivity index (χ2n) is 14.2. The summed E-state index contributed by atoms with van der Waals surface area (Å²) in [7, 11) is 0. The van der Waals surface area contributed by atoms with Crippen LogP contribution in [0.15, 0.2) is 67.8 Å². The van der Waals surface area contributed by atoms with Crippen LogP contribution in [0.25, 0.3) is 0 Å². The zero-order valence-electron chi connectivity index (χ0n) is 30.0. The molecule has 3 saturated heterocycles. The van der Waals surface area contributed by atoms with Crippen molar-refractivity contribution < 1.29 is 29.0 Å². The van der Waals surface area contributed by atoms with Crippen LogP contribution in [-0.2, 0) is 19.1 Å². The number of rotatable bonds is 15. The van der Waals surface area contributed by atoms with E-state index in [1.165, 1.54) is 0 Å². The molecular weight excluding hydrogens is 618 g/mol. The lowest BCUT2D eigenvalue weighted by atomic mass is 9.64. The quantitative estimate of drug-likeness (QED) is 0.233. The van der Waals surface area contributed by atoms with Gasteiger partial charge in [0.2, 0.25) is 11.8 Å². The molecule has 3 amide bonds. The Bertz CT molecular complexity index is 1550. The molecule has 1 spiro atoms. The zero-order valence-corrected chi connectivity index (χ0v) is 30.0. The van der Waals surface area contributed by atoms with E-state index in [1.54, 1.807) is 26.9 Å². The number of carbonyl (C=O) groups excluding carboxylic acids is 3. The number of hydrogen-bond donors (Lipinski definition) is 1. The number of aliphatic hydroxyl groups excluding tert-OH is 1. The number of amides is 3. The van der Waals surface area contributed by atoms with Crippen molar-refractivity contribution in [2.75, 3.05) is 36.1 Å². The molecule has 2 aromatic rings. The number of ether oxygens (including phenoxy) is 2. The Morgan fingerprint density at radius 2 is 1.65 bits per heavy atom. The second-order valence-corrected chi connectivity index (χ2v) is 14.2. The van der Waals surface area contributed by atoms with E-state index >= 15 is 9.59 Å². The first-order valence-electron chi connectivity index (χ1n) is 17.7. The van der Waals surface area contributed by atoms with Crippen LogP contribution in [0.2, 0.25) is 0 Å². The minimum absolute atomic E-state index is 0.140. The molecule has 264 valence electrons. The zero-order chi connectivity index (χ0) is 35.7. The van der Waals surface area contributed by atoms with Crippen LogP contribution in [0.4, 0.5) is 11.4 Å². The minimum Gasteiger partial charge on any atom is -0.494 e. The Balaban J connectivity index is 1.66. The van der Waals surface area contributed by atoms with Gasteiger partial charge in [0.05, 0.1) is 36.7 Å². The van der Waals surface area contributed by atoms with Crippen molar-refractivity contribution in [2.24, 2.45) is 17.8 Å². The smallest absolute Gasteiger partial charge is 0.253 e. The second kappa shape index (κ2) is 14.5. The van der Waals surface area contributed by atoms with Crippen LogP contribution in [0.1, 0.15) is 64.5 Å². The average Bonchev–Trinajstić information content (AvgIpc) is 3.69. The molecule has 2 bridgehead atoms. The summed E-state index contributed by atoms with van der Waals surface area (Å²) < 4.78 is 12.8. The number of aryl methyl sites for hydroxylation is 2. The van der Waals surface area contributed by atoms with E-state index in [4.69, 9.17) is 9.47 Å². The summed E-state index contributed by atoms with van der Waals surface area (Å²) in [5, 5.41) is 10.8. The monoisotopic (exact) mass is 671 g/mol. The SMILES string of the molecule is C=CCN(C(=O)[C@H]1[C@H]2C(=O)N([C@@H](CO)CC(C)C)C(C(=O)N(CC=C)c3c(C)cccc3C)C23CC[C@]1(CC)O3)c1ccc(OCC)cc1. The van der Waals surface area contributed by atoms with Gasteiger partial charge in [0.25, 0.3) is 5.91 Å². The molecule has 3 aliphatic rings. The lowest BCUT2D eigenvalue weighted by Gasteiger charge is -2.40. The van der Waals surface area contributed by atoms with E-state index in [9.17, 15) is 9.90 Å². The van der Waals surface area contributed by atoms with E-state index < -0.39 is 35.1 Å². The number of likely N-dealkylation sites (tertiary alicyclic amines) is 1. The third-order valence-corrected chi connectivity index (χ3v) is 10.8. The molecule has 3 aliphatic heterocycles. The molecule has 2 unspecified atom stereocenters. The number of anilines is 2. The summed E-state index contributed by atoms with van der Waals surface area (Å²) in [6.07, 6.45) is 5.34. The Morgan fingerprint density at radius 1 is 1.02 bits per heavy atom. The van der Waals surface area contributed by atoms with Gasteiger partial charge in [0, 0.05) is 24.5 Å². The van der Waals surface area contributed by atoms with Crippen LogP contribution in [0.5, 0.6) is 5.75 Å². The van der Waals surface area contributed by atoms with Gasteiger partial charge < -0.3 is 29.3 Å². The molecule has 3 fully saturated rings. The van der Waals surface area contributed by atoms with Crippen LogP contribution in [0.3, 0.4) is 0 Å². The molecular formula is C40H53N3O6. The molecule has 5 rings (SSSR count). The predicted molar refractivity (Wildman–Crippen MR) is 193 cm³/mol. The highest BCUT2D eigenvalue weighted by atomic mass is 16.5. The number of benzene rings is 2. The summed E-state index contributed by atoms with van der Waals surface area (Å²) in [6, 6.07) is 11.6. The van der Waals surface area contributed by atoms with Gasteiger partial charge in [-0.3, -0.25) is 14.4 Å². The molecule has 2 aromatic carbocycles. The molecule has 0 radical (unpaired) electrons. The van der Waals surface area contributed by atoms with Crippen molar-refractivity contribution >= 4 is 29.1 Å². The fraction of sp³-hybridized carbons (Fsp3) is 0.525. The molecule has 9 heteroatoms. The fourth-order valence-corrected chi connectivity index (χ4v) is 8.83. The van der Waals surface area contributed by atoms with Crippen molar-refractivity contribution in [1.29, 1.82) is 0 Å². The molecule has 0 aliphatic carbocycles. The molecule has 0 saturated carbocycles. The molecule has 9 nitrogen and oxygen atoms in total. The summed E-state index contributed by atoms with van der Waals surface area (Å²) in [5.74, 6) is -1.73. The number of nitrogens with zero attached hydrogens (tertiary/aromatic N) is 3. The van der Waals surface area contributed by atoms with E-state index in [0.29, 0.717) is 43.7 Å². The van der Waals surface area contributed by atoms with Crippen LogP contribution < -0.4 is 14.5 Å². The number of para-hydroxylation sites is 1. The van der Waals surface area contributed by atoms with Crippen molar-refractivity contribution in [3.05, 3.63) is 78.9 Å². The number of fused-ring (bicyclic) bond motifs is 1. The third-order valence-electron chi connectivity index (χ3n) is 10.8. The van der Waals surface area contributed by atoms with Crippen LogP contribution in [0, 0.1) is 31.6 Å². The predicted octanol–water partition coefficient (Wildman–Crippen LogP) is 6.00. The van der Waals surface area contributed by atoms with Crippen molar-refractivity contribution in [3.8, 4) is 5.75 Å². The maximum absolute atomic E-state index is 15.2. The van der Waals surface area contributed by atoms with E-state index in [0.717, 1.165) is 16.8 Å². The minimum atomic E-state index is -1.25. The number of hydrogen-bond acceptors (Lipinski definition) is 6. The van der Waals surface area contributed by atoms with Crippen molar-refractivity contribution in [2.45, 2.75) is 90.5 Å². The standard InChI is InChI=1S/C40H53N3O6/c1-9-22-41(29-16-18-31(19-17-29)48-12-4)36(45)32-33-37(46)43(30(25-44)24-26(5)6)35(40(33)21-20-39(32,11-3)49-40)38(47)42(23-10-2)34-27(7)14-13-15-28(34)8/h9-10,13-19,26,30,32-33,35,44H,1-2,11-12,20-25H2,3-8H3/t30-,32-,33+,35?,39+,40?/m1/s1. The normalized spacial score (nSPS) is 26.1. The van der Waals surface area contributed by atoms with E-state index in [2.05, 4.69) is 13.2 Å². The van der Waals surface area contributed by atoms with Gasteiger partial charge in [-0.05, 0) is 87.8 Å². The van der Waals surface area contributed by atoms with E-state index in [-0.39, 0.29) is 43.3 Å². The summed E-state index contributed by atoms with van der Waals surface area (Å²) >= 11 is 0. The van der Waals surface area contributed by atoms with E-state index in [1.807, 2.05) is 84.0 Å². The lowest BCUT2D eigenvalue weighted by molar-refractivity contribution is -0.149. The van der Waals surface area contributed by atoms with Crippen LogP contribution in [-0.4, -0.2) is 77.3 Å². The van der Waals surface area contributed by atoms with Gasteiger partial charge in [-0.2, -0.15) is 0 Å². The Kier molecular flexibility index (Phi) is 10.7. The highest BCUT2D eigenvalue weighted by Crippen LogP contribution is 2.65. The van der Waals surface area contributed by atoms with Gasteiger partial charge in [-0.25, -0.2) is 0 Å². The molecule has 1 N–H and O–H groups in total. The summed E-state index contributed by atoms with van der Waals surface area (Å²) in [5.41, 5.74) is 1.09. The third kappa shape index (κ3) is 6.09. The van der Waals surface area contributed by atoms with Gasteiger partial charge >= 0.3 is 0 Å². The average molecular weight is 672 g/mol. The maximum atomic E-state index is 15.2. The van der Waals surface area contributed by atoms with Gasteiger partial charge in [-0.15, -0.1) is 13.2 Å². The Labute approximate surface area is 291 Å². The van der Waals surface area contributed by atoms with Crippen molar-refractivity contribution in [1.82, 2.24) is 4.90 Å². The number of aliphatic hydroxyl groups is 1. The molecule has 6 atom stereocenters. The molecule has 49 heavy (non-hydrogen) atoms. The Hall–Kier alpha value is -3.95. The molecule has 3 heterocycles. The first-order chi connectivity index (χ1) is 23.4. The number of carbonyl (C=O) groups is 3. The van der Waals surface area contributed by atoms with Gasteiger partial charge in [0.15, 0.2) is 0 Å². The summed E-state index contributed by atoms with van der Waals surface area (Å²) in [6.45, 7) is 20.5. The first kappa shape index (κ1) is 36.3. The lowest BCUT2D eigenvalue weighted by Crippen LogP contribution is -2.59. The Morgan fingerprint density at radius 3 is 2.20 bits per heavy atom. The first-order valence-corrected chi connectivity index (χ1v) is 17.7. The van der Waals surface area contributed by atoms with Gasteiger partial charge in [0.1, 0.15) is 17.4 Å². The van der Waals surface area contributed by atoms with Crippen molar-refractivity contribution in [3.63, 3.8) is 0 Å². The largest absolute Gasteiger partial charge is 0.494 e. The maximum Gasteiger partial charge on any atom is 0.253 e. The summed E-state index contributed by atoms with van der Waals surface area (Å²) in [4.78, 5) is 50.2. The fourth-order valence-electron chi connectivity index (χ4n) is 8.83.